The van der Waals surface area contributed by atoms with Gasteiger partial charge < -0.3 is 15.0 Å². The Morgan fingerprint density at radius 2 is 2.21 bits per heavy atom. The van der Waals surface area contributed by atoms with Crippen LogP contribution in [0, 0.1) is 5.92 Å². The zero-order valence-electron chi connectivity index (χ0n) is 15.4. The molecule has 0 bridgehead atoms. The number of amides is 1. The number of ether oxygens (including phenoxy) is 1. The number of likely N-dealkylation sites (tertiary alicyclic amines) is 1. The summed E-state index contributed by atoms with van der Waals surface area (Å²) in [6.45, 7) is 8.75. The molecule has 2 heterocycles. The first kappa shape index (κ1) is 18.9. The summed E-state index contributed by atoms with van der Waals surface area (Å²) in [6.07, 6.45) is 5.07. The van der Waals surface area contributed by atoms with Crippen molar-refractivity contribution in [1.82, 2.24) is 15.2 Å². The van der Waals surface area contributed by atoms with Gasteiger partial charge >= 0.3 is 0 Å². The van der Waals surface area contributed by atoms with Gasteiger partial charge in [0.25, 0.3) is 5.91 Å². The van der Waals surface area contributed by atoms with E-state index in [9.17, 15) is 4.79 Å². The Hall–Kier alpha value is -1.46. The molecule has 1 fully saturated rings. The van der Waals surface area contributed by atoms with Crippen LogP contribution in [0.25, 0.3) is 0 Å². The van der Waals surface area contributed by atoms with Gasteiger partial charge in [0.05, 0.1) is 0 Å². The second-order valence-electron chi connectivity index (χ2n) is 7.17. The third-order valence-corrected chi connectivity index (χ3v) is 4.96. The average molecular weight is 333 g/mol. The van der Waals surface area contributed by atoms with E-state index in [-0.39, 0.29) is 11.9 Å². The molecular formula is C19H31N3O2. The van der Waals surface area contributed by atoms with Crippen molar-refractivity contribution in [3.05, 3.63) is 30.1 Å². The normalized spacial score (nSPS) is 21.8. The largest absolute Gasteiger partial charge is 0.369 e. The van der Waals surface area contributed by atoms with E-state index in [0.29, 0.717) is 5.92 Å². The van der Waals surface area contributed by atoms with Gasteiger partial charge in [-0.3, -0.25) is 9.78 Å². The summed E-state index contributed by atoms with van der Waals surface area (Å²) >= 11 is 0. The molecule has 1 aromatic heterocycles. The van der Waals surface area contributed by atoms with Crippen LogP contribution in [0.15, 0.2) is 24.4 Å². The second kappa shape index (κ2) is 8.58. The van der Waals surface area contributed by atoms with E-state index in [1.54, 1.807) is 7.11 Å². The zero-order valence-corrected chi connectivity index (χ0v) is 15.4. The molecule has 1 N–H and O–H groups in total. The quantitative estimate of drug-likeness (QED) is 0.793. The number of rotatable bonds is 8. The fourth-order valence-corrected chi connectivity index (χ4v) is 3.22. The van der Waals surface area contributed by atoms with E-state index >= 15 is 0 Å². The van der Waals surface area contributed by atoms with Crippen LogP contribution in [-0.2, 0) is 16.0 Å². The van der Waals surface area contributed by atoms with E-state index in [4.69, 9.17) is 4.74 Å². The van der Waals surface area contributed by atoms with Crippen molar-refractivity contribution < 1.29 is 9.53 Å². The zero-order chi connectivity index (χ0) is 17.6. The van der Waals surface area contributed by atoms with Gasteiger partial charge in [0.2, 0.25) is 0 Å². The summed E-state index contributed by atoms with van der Waals surface area (Å²) in [5.41, 5.74) is 0.343. The number of aromatic nitrogens is 1. The van der Waals surface area contributed by atoms with Crippen LogP contribution >= 0.6 is 0 Å². The molecule has 0 saturated carbocycles. The lowest BCUT2D eigenvalue weighted by molar-refractivity contribution is -0.140. The number of hydrogen-bond acceptors (Lipinski definition) is 4. The van der Waals surface area contributed by atoms with Gasteiger partial charge in [0, 0.05) is 51.1 Å². The highest BCUT2D eigenvalue weighted by Crippen LogP contribution is 2.23. The van der Waals surface area contributed by atoms with Gasteiger partial charge in [-0.1, -0.05) is 19.4 Å². The number of carbonyl (C=O) groups excluding carboxylic acids is 1. The predicted molar refractivity (Wildman–Crippen MR) is 95.8 cm³/mol. The van der Waals surface area contributed by atoms with Crippen molar-refractivity contribution in [2.75, 3.05) is 26.7 Å². The minimum Gasteiger partial charge on any atom is -0.369 e. The molecule has 0 radical (unpaired) electrons. The Morgan fingerprint density at radius 1 is 1.42 bits per heavy atom. The molecule has 1 saturated heterocycles. The lowest BCUT2D eigenvalue weighted by Crippen LogP contribution is -2.50. The van der Waals surface area contributed by atoms with Gasteiger partial charge in [0.1, 0.15) is 5.60 Å². The van der Waals surface area contributed by atoms with E-state index in [1.807, 2.05) is 32.2 Å². The maximum absolute atomic E-state index is 12.4. The predicted octanol–water partition coefficient (Wildman–Crippen LogP) is 2.27. The van der Waals surface area contributed by atoms with E-state index < -0.39 is 5.60 Å². The first-order valence-corrected chi connectivity index (χ1v) is 8.94. The van der Waals surface area contributed by atoms with Gasteiger partial charge in [-0.25, -0.2) is 0 Å². The lowest BCUT2D eigenvalue weighted by Gasteiger charge is -2.26. The summed E-state index contributed by atoms with van der Waals surface area (Å²) in [6, 6.07) is 6.25. The third-order valence-electron chi connectivity index (χ3n) is 4.96. The fourth-order valence-electron chi connectivity index (χ4n) is 3.22. The minimum absolute atomic E-state index is 0.0253. The van der Waals surface area contributed by atoms with Crippen molar-refractivity contribution in [3.8, 4) is 0 Å². The number of methoxy groups -OCH3 is 1. The number of pyridine rings is 1. The Balaban J connectivity index is 1.91. The maximum Gasteiger partial charge on any atom is 0.251 e. The summed E-state index contributed by atoms with van der Waals surface area (Å²) < 4.78 is 5.30. The average Bonchev–Trinajstić information content (AvgIpc) is 2.96. The van der Waals surface area contributed by atoms with E-state index in [2.05, 4.69) is 28.2 Å². The molecule has 0 aromatic carbocycles. The molecule has 1 aliphatic rings. The van der Waals surface area contributed by atoms with Crippen LogP contribution in [0.2, 0.25) is 0 Å². The van der Waals surface area contributed by atoms with Gasteiger partial charge in [0.15, 0.2) is 0 Å². The topological polar surface area (TPSA) is 54.5 Å². The smallest absolute Gasteiger partial charge is 0.251 e. The summed E-state index contributed by atoms with van der Waals surface area (Å²) in [4.78, 5) is 19.3. The molecule has 0 unspecified atom stereocenters. The summed E-state index contributed by atoms with van der Waals surface area (Å²) in [5.74, 6) is 0.484. The third kappa shape index (κ3) is 5.02. The number of hydrogen-bond donors (Lipinski definition) is 1. The first-order chi connectivity index (χ1) is 11.5. The van der Waals surface area contributed by atoms with Gasteiger partial charge in [-0.15, -0.1) is 0 Å². The van der Waals surface area contributed by atoms with Gasteiger partial charge in [-0.2, -0.15) is 0 Å². The molecule has 5 nitrogen and oxygen atoms in total. The van der Waals surface area contributed by atoms with Crippen molar-refractivity contribution >= 4 is 5.91 Å². The highest BCUT2D eigenvalue weighted by molar-refractivity contribution is 5.84. The number of carbonyl (C=O) groups is 1. The fraction of sp³-hybridized carbons (Fsp3) is 0.684. The van der Waals surface area contributed by atoms with Crippen LogP contribution < -0.4 is 5.32 Å². The highest BCUT2D eigenvalue weighted by Gasteiger charge is 2.36. The molecule has 0 spiro atoms. The molecule has 1 aromatic rings. The summed E-state index contributed by atoms with van der Waals surface area (Å²) in [7, 11) is 1.58. The second-order valence-corrected chi connectivity index (χ2v) is 7.17. The standard InChI is InChI=1S/C19H31N3O2/c1-5-8-15-13-22(12-10-16-9-6-7-11-20-16)14-17(15)21-18(23)19(2,3)24-4/h6-7,9,11,15,17H,5,8,10,12-14H2,1-4H3,(H,21,23)/t15-,17-/m0/s1. The Kier molecular flexibility index (Phi) is 6.75. The van der Waals surface area contributed by atoms with Crippen LogP contribution in [0.5, 0.6) is 0 Å². The van der Waals surface area contributed by atoms with Crippen LogP contribution in [0.4, 0.5) is 0 Å². The maximum atomic E-state index is 12.4. The molecular weight excluding hydrogens is 302 g/mol. The van der Waals surface area contributed by atoms with Crippen LogP contribution in [0.1, 0.15) is 39.3 Å². The molecule has 1 aliphatic heterocycles. The first-order valence-electron chi connectivity index (χ1n) is 8.94. The lowest BCUT2D eigenvalue weighted by atomic mass is 9.97. The SMILES string of the molecule is CCC[C@H]1CN(CCc2ccccn2)C[C@@H]1NC(=O)C(C)(C)OC. The van der Waals surface area contributed by atoms with Crippen molar-refractivity contribution in [1.29, 1.82) is 0 Å². The molecule has 1 amide bonds. The molecule has 2 rings (SSSR count). The Morgan fingerprint density at radius 3 is 2.83 bits per heavy atom. The van der Waals surface area contributed by atoms with Gasteiger partial charge in [-0.05, 0) is 38.3 Å². The van der Waals surface area contributed by atoms with Crippen LogP contribution in [-0.4, -0.2) is 54.2 Å². The van der Waals surface area contributed by atoms with Crippen molar-refractivity contribution in [3.63, 3.8) is 0 Å². The minimum atomic E-state index is -0.780. The molecule has 2 atom stereocenters. The monoisotopic (exact) mass is 333 g/mol. The molecule has 5 heteroatoms. The number of nitrogens with one attached hydrogen (secondary N) is 1. The van der Waals surface area contributed by atoms with Crippen molar-refractivity contribution in [2.45, 2.75) is 51.7 Å². The van der Waals surface area contributed by atoms with E-state index in [0.717, 1.165) is 44.6 Å². The summed E-state index contributed by atoms with van der Waals surface area (Å²) in [5, 5.41) is 3.21. The van der Waals surface area contributed by atoms with E-state index in [1.165, 1.54) is 0 Å². The Bertz CT molecular complexity index is 519. The van der Waals surface area contributed by atoms with Crippen LogP contribution in [0.3, 0.4) is 0 Å². The molecule has 0 aliphatic carbocycles. The highest BCUT2D eigenvalue weighted by atomic mass is 16.5. The Labute approximate surface area is 145 Å². The van der Waals surface area contributed by atoms with Crippen molar-refractivity contribution in [2.24, 2.45) is 5.92 Å². The molecule has 24 heavy (non-hydrogen) atoms. The number of nitrogens with zero attached hydrogens (tertiary/aromatic N) is 2. The molecule has 134 valence electrons.